The van der Waals surface area contributed by atoms with E-state index in [9.17, 15) is 4.21 Å². The van der Waals surface area contributed by atoms with Gasteiger partial charge in [0.15, 0.2) is 17.9 Å². The molecule has 0 aliphatic heterocycles. The molecule has 0 saturated carbocycles. The van der Waals surface area contributed by atoms with Crippen molar-refractivity contribution < 1.29 is 18.2 Å². The summed E-state index contributed by atoms with van der Waals surface area (Å²) in [5, 5.41) is 0.382. The Balaban J connectivity index is 2.96. The van der Waals surface area contributed by atoms with Crippen LogP contribution in [0.25, 0.3) is 0 Å². The molecule has 1 aromatic rings. The fourth-order valence-corrected chi connectivity index (χ4v) is 1.62. The van der Waals surface area contributed by atoms with Gasteiger partial charge < -0.3 is 14.0 Å². The monoisotopic (exact) mass is 236 g/mol. The third-order valence-electron chi connectivity index (χ3n) is 1.43. The van der Waals surface area contributed by atoms with E-state index in [-0.39, 0.29) is 17.4 Å². The lowest BCUT2D eigenvalue weighted by atomic mass is 10.3. The highest BCUT2D eigenvalue weighted by Crippen LogP contribution is 2.25. The number of benzene rings is 1. The fourth-order valence-electron chi connectivity index (χ4n) is 0.860. The molecule has 0 saturated heterocycles. The minimum absolute atomic E-state index is 0.0197. The molecule has 0 radical (unpaired) electrons. The maximum Gasteiger partial charge on any atom is 0.190 e. The number of hydrogen-bond acceptors (Lipinski definition) is 3. The van der Waals surface area contributed by atoms with Crippen LogP contribution < -0.4 is 4.74 Å². The molecule has 0 fully saturated rings. The summed E-state index contributed by atoms with van der Waals surface area (Å²) in [6.07, 6.45) is 0. The summed E-state index contributed by atoms with van der Waals surface area (Å²) in [7, 11) is 1.46. The Morgan fingerprint density at radius 3 is 2.86 bits per heavy atom. The highest BCUT2D eigenvalue weighted by atomic mass is 35.5. The molecule has 0 amide bonds. The minimum Gasteiger partial charge on any atom is -0.466 e. The van der Waals surface area contributed by atoms with Gasteiger partial charge in [-0.2, -0.15) is 0 Å². The molecular weight excluding hydrogens is 228 g/mol. The molecule has 0 spiro atoms. The number of rotatable bonds is 4. The predicted molar refractivity (Wildman–Crippen MR) is 53.0 cm³/mol. The average Bonchev–Trinajstić information content (AvgIpc) is 2.15. The van der Waals surface area contributed by atoms with Crippen LogP contribution >= 0.6 is 11.6 Å². The van der Waals surface area contributed by atoms with Gasteiger partial charge in [0, 0.05) is 12.1 Å². The maximum absolute atomic E-state index is 10.9. The van der Waals surface area contributed by atoms with E-state index < -0.39 is 11.1 Å². The van der Waals surface area contributed by atoms with Gasteiger partial charge in [-0.1, -0.05) is 11.6 Å². The van der Waals surface area contributed by atoms with Crippen molar-refractivity contribution in [2.45, 2.75) is 4.90 Å². The van der Waals surface area contributed by atoms with Crippen LogP contribution in [0, 0.1) is 0 Å². The Labute approximate surface area is 89.1 Å². The second-order valence-corrected chi connectivity index (χ2v) is 3.77. The summed E-state index contributed by atoms with van der Waals surface area (Å²) in [6, 6.07) is 4.47. The summed E-state index contributed by atoms with van der Waals surface area (Å²) in [6.45, 7) is 0.0197. The number of methoxy groups -OCH3 is 1. The van der Waals surface area contributed by atoms with Crippen molar-refractivity contribution in [1.82, 2.24) is 0 Å². The summed E-state index contributed by atoms with van der Waals surface area (Å²) >= 11 is 3.54. The van der Waals surface area contributed by atoms with Crippen LogP contribution in [0.4, 0.5) is 0 Å². The van der Waals surface area contributed by atoms with Gasteiger partial charge in [0.1, 0.15) is 10.6 Å². The minimum atomic E-state index is -2.12. The summed E-state index contributed by atoms with van der Waals surface area (Å²) in [5.41, 5.74) is 0. The zero-order valence-electron chi connectivity index (χ0n) is 7.40. The van der Waals surface area contributed by atoms with Gasteiger partial charge >= 0.3 is 0 Å². The van der Waals surface area contributed by atoms with Crippen molar-refractivity contribution in [2.24, 2.45) is 0 Å². The van der Waals surface area contributed by atoms with Crippen LogP contribution in [0.15, 0.2) is 23.1 Å². The normalized spacial score (nSPS) is 12.5. The van der Waals surface area contributed by atoms with Gasteiger partial charge in [-0.15, -0.1) is 0 Å². The molecule has 4 nitrogen and oxygen atoms in total. The van der Waals surface area contributed by atoms with Crippen LogP contribution in [-0.2, 0) is 15.8 Å². The first-order chi connectivity index (χ1) is 6.65. The van der Waals surface area contributed by atoms with Gasteiger partial charge in [-0.3, -0.25) is 0 Å². The van der Waals surface area contributed by atoms with Crippen LogP contribution in [0.5, 0.6) is 5.75 Å². The Morgan fingerprint density at radius 2 is 2.29 bits per heavy atom. The van der Waals surface area contributed by atoms with Crippen molar-refractivity contribution in [3.8, 4) is 5.75 Å². The van der Waals surface area contributed by atoms with Crippen molar-refractivity contribution in [3.05, 3.63) is 23.2 Å². The van der Waals surface area contributed by atoms with E-state index in [0.717, 1.165) is 0 Å². The zero-order chi connectivity index (χ0) is 10.6. The molecule has 0 aliphatic rings. The topological polar surface area (TPSA) is 55.8 Å². The van der Waals surface area contributed by atoms with Crippen LogP contribution in [0.1, 0.15) is 0 Å². The predicted octanol–water partition coefficient (Wildman–Crippen LogP) is 1.90. The number of hydrogen-bond donors (Lipinski definition) is 1. The molecular formula is C8H9ClO4S. The Bertz CT molecular complexity index is 342. The molecule has 0 aromatic heterocycles. The zero-order valence-corrected chi connectivity index (χ0v) is 8.97. The summed E-state index contributed by atoms with van der Waals surface area (Å²) in [4.78, 5) is 0.134. The van der Waals surface area contributed by atoms with Gasteiger partial charge in [-0.05, 0) is 18.2 Å². The van der Waals surface area contributed by atoms with E-state index in [4.69, 9.17) is 20.9 Å². The molecule has 1 unspecified atom stereocenters. The van der Waals surface area contributed by atoms with Crippen LogP contribution in [-0.4, -0.2) is 22.7 Å². The Kier molecular flexibility index (Phi) is 4.34. The lowest BCUT2D eigenvalue weighted by molar-refractivity contribution is 0.0490. The van der Waals surface area contributed by atoms with Crippen molar-refractivity contribution in [3.63, 3.8) is 0 Å². The standard InChI is InChI=1S/C8H9ClO4S/c1-12-5-13-7-3-2-6(9)4-8(7)14(10)11/h2-4H,5H2,1H3,(H,10,11). The molecule has 1 aromatic carbocycles. The first-order valence-corrected chi connectivity index (χ1v) is 5.15. The first-order valence-electron chi connectivity index (χ1n) is 3.67. The summed E-state index contributed by atoms with van der Waals surface area (Å²) in [5.74, 6) is 0.289. The molecule has 78 valence electrons. The molecule has 0 heterocycles. The molecule has 0 aliphatic carbocycles. The van der Waals surface area contributed by atoms with E-state index in [1.54, 1.807) is 6.07 Å². The third-order valence-corrected chi connectivity index (χ3v) is 2.36. The quantitative estimate of drug-likeness (QED) is 0.641. The SMILES string of the molecule is COCOc1ccc(Cl)cc1S(=O)O. The van der Waals surface area contributed by atoms with E-state index in [2.05, 4.69) is 4.74 Å². The van der Waals surface area contributed by atoms with Crippen LogP contribution in [0.2, 0.25) is 5.02 Å². The van der Waals surface area contributed by atoms with Crippen LogP contribution in [0.3, 0.4) is 0 Å². The fraction of sp³-hybridized carbons (Fsp3) is 0.250. The molecule has 6 heteroatoms. The largest absolute Gasteiger partial charge is 0.466 e. The lowest BCUT2D eigenvalue weighted by Crippen LogP contribution is -2.02. The van der Waals surface area contributed by atoms with E-state index in [1.165, 1.54) is 19.2 Å². The van der Waals surface area contributed by atoms with Crippen molar-refractivity contribution in [1.29, 1.82) is 0 Å². The van der Waals surface area contributed by atoms with E-state index in [0.29, 0.717) is 5.02 Å². The highest BCUT2D eigenvalue weighted by molar-refractivity contribution is 7.79. The number of ether oxygens (including phenoxy) is 2. The molecule has 1 atom stereocenters. The average molecular weight is 237 g/mol. The third kappa shape index (κ3) is 2.95. The number of halogens is 1. The Hall–Kier alpha value is -0.620. The van der Waals surface area contributed by atoms with E-state index in [1.807, 2.05) is 0 Å². The lowest BCUT2D eigenvalue weighted by Gasteiger charge is -2.07. The molecule has 0 bridgehead atoms. The smallest absolute Gasteiger partial charge is 0.190 e. The highest BCUT2D eigenvalue weighted by Gasteiger charge is 2.09. The van der Waals surface area contributed by atoms with E-state index >= 15 is 0 Å². The summed E-state index contributed by atoms with van der Waals surface area (Å²) < 4.78 is 29.5. The molecule has 1 rings (SSSR count). The second kappa shape index (κ2) is 5.31. The van der Waals surface area contributed by atoms with Crippen molar-refractivity contribution in [2.75, 3.05) is 13.9 Å². The van der Waals surface area contributed by atoms with Gasteiger partial charge in [0.2, 0.25) is 0 Å². The van der Waals surface area contributed by atoms with Gasteiger partial charge in [0.05, 0.1) is 0 Å². The van der Waals surface area contributed by atoms with Gasteiger partial charge in [-0.25, -0.2) is 4.21 Å². The molecule has 14 heavy (non-hydrogen) atoms. The second-order valence-electron chi connectivity index (χ2n) is 2.39. The molecule has 1 N–H and O–H groups in total. The first kappa shape index (κ1) is 11.5. The van der Waals surface area contributed by atoms with Gasteiger partial charge in [0.25, 0.3) is 0 Å². The Morgan fingerprint density at radius 1 is 1.57 bits per heavy atom. The van der Waals surface area contributed by atoms with Crippen molar-refractivity contribution >= 4 is 22.7 Å². The maximum atomic E-state index is 10.9.